The van der Waals surface area contributed by atoms with Crippen molar-refractivity contribution in [2.24, 2.45) is 0 Å². The molecular weight excluding hydrogens is 302 g/mol. The number of benzene rings is 2. The van der Waals surface area contributed by atoms with Gasteiger partial charge in [-0.2, -0.15) is 0 Å². The minimum absolute atomic E-state index is 0.275. The summed E-state index contributed by atoms with van der Waals surface area (Å²) < 4.78 is 5.56. The first-order valence-electron chi connectivity index (χ1n) is 6.97. The average molecular weight is 320 g/mol. The molecule has 0 bridgehead atoms. The molecule has 5 heteroatoms. The highest BCUT2D eigenvalue weighted by Crippen LogP contribution is 2.20. The van der Waals surface area contributed by atoms with Crippen molar-refractivity contribution in [2.75, 3.05) is 5.32 Å². The summed E-state index contributed by atoms with van der Waals surface area (Å²) >= 11 is 5.88. The second-order valence-corrected chi connectivity index (χ2v) is 5.44. The fourth-order valence-corrected chi connectivity index (χ4v) is 2.10. The number of hydrogen-bond acceptors (Lipinski definition) is 3. The summed E-state index contributed by atoms with van der Waals surface area (Å²) in [4.78, 5) is 12.2. The van der Waals surface area contributed by atoms with E-state index in [9.17, 15) is 9.90 Å². The van der Waals surface area contributed by atoms with E-state index in [0.29, 0.717) is 16.5 Å². The largest absolute Gasteiger partial charge is 0.481 e. The van der Waals surface area contributed by atoms with Crippen LogP contribution in [0.4, 0.5) is 5.69 Å². The van der Waals surface area contributed by atoms with Crippen LogP contribution in [0.15, 0.2) is 48.5 Å². The van der Waals surface area contributed by atoms with Gasteiger partial charge >= 0.3 is 0 Å². The Morgan fingerprint density at radius 1 is 1.18 bits per heavy atom. The van der Waals surface area contributed by atoms with Gasteiger partial charge in [-0.05, 0) is 49.7 Å². The lowest BCUT2D eigenvalue weighted by molar-refractivity contribution is -0.122. The zero-order valence-electron chi connectivity index (χ0n) is 12.4. The molecule has 4 nitrogen and oxygen atoms in total. The molecule has 2 N–H and O–H groups in total. The molecule has 0 saturated carbocycles. The zero-order chi connectivity index (χ0) is 16.1. The number of halogens is 1. The molecule has 1 amide bonds. The third-order valence-corrected chi connectivity index (χ3v) is 3.35. The molecule has 0 heterocycles. The Kier molecular flexibility index (Phi) is 5.41. The maximum absolute atomic E-state index is 12.2. The predicted molar refractivity (Wildman–Crippen MR) is 87.2 cm³/mol. The number of hydrogen-bond donors (Lipinski definition) is 2. The van der Waals surface area contributed by atoms with Gasteiger partial charge in [-0.25, -0.2) is 0 Å². The lowest BCUT2D eigenvalue weighted by Crippen LogP contribution is -2.30. The van der Waals surface area contributed by atoms with E-state index in [4.69, 9.17) is 16.3 Å². The van der Waals surface area contributed by atoms with Crippen LogP contribution in [0.5, 0.6) is 5.75 Å². The van der Waals surface area contributed by atoms with Crippen molar-refractivity contribution in [1.82, 2.24) is 0 Å². The molecule has 2 aromatic carbocycles. The highest BCUT2D eigenvalue weighted by molar-refractivity contribution is 6.30. The SMILES string of the molecule is CC(Oc1cccc(Cl)c1)C(=O)Nc1cccc(C(C)O)c1. The molecule has 0 spiro atoms. The quantitative estimate of drug-likeness (QED) is 0.881. The minimum atomic E-state index is -0.673. The number of rotatable bonds is 5. The zero-order valence-corrected chi connectivity index (χ0v) is 13.2. The number of ether oxygens (including phenoxy) is 1. The summed E-state index contributed by atoms with van der Waals surface area (Å²) in [6.45, 7) is 3.33. The molecule has 2 aromatic rings. The molecule has 0 fully saturated rings. The predicted octanol–water partition coefficient (Wildman–Crippen LogP) is 3.80. The van der Waals surface area contributed by atoms with E-state index in [2.05, 4.69) is 5.32 Å². The molecule has 116 valence electrons. The van der Waals surface area contributed by atoms with Gasteiger partial charge in [0.05, 0.1) is 6.10 Å². The van der Waals surface area contributed by atoms with Crippen LogP contribution in [0.2, 0.25) is 5.02 Å². The van der Waals surface area contributed by atoms with E-state index in [0.717, 1.165) is 5.56 Å². The molecule has 0 aliphatic heterocycles. The molecule has 0 radical (unpaired) electrons. The van der Waals surface area contributed by atoms with Crippen LogP contribution in [0.3, 0.4) is 0 Å². The monoisotopic (exact) mass is 319 g/mol. The summed E-state index contributed by atoms with van der Waals surface area (Å²) in [5.74, 6) is 0.260. The number of carbonyl (C=O) groups excluding carboxylic acids is 1. The normalized spacial score (nSPS) is 13.3. The van der Waals surface area contributed by atoms with E-state index in [1.807, 2.05) is 0 Å². The number of nitrogens with one attached hydrogen (secondary N) is 1. The fraction of sp³-hybridized carbons (Fsp3) is 0.235. The first-order chi connectivity index (χ1) is 10.5. The van der Waals surface area contributed by atoms with Crippen molar-refractivity contribution < 1.29 is 14.6 Å². The Labute approximate surface area is 134 Å². The fourth-order valence-electron chi connectivity index (χ4n) is 1.92. The average Bonchev–Trinajstić information content (AvgIpc) is 2.47. The van der Waals surface area contributed by atoms with E-state index in [-0.39, 0.29) is 5.91 Å². The Morgan fingerprint density at radius 3 is 2.59 bits per heavy atom. The van der Waals surface area contributed by atoms with E-state index in [1.54, 1.807) is 62.4 Å². The second kappa shape index (κ2) is 7.29. The van der Waals surface area contributed by atoms with Crippen LogP contribution in [0, 0.1) is 0 Å². The summed E-state index contributed by atoms with van der Waals surface area (Å²) in [7, 11) is 0. The molecule has 2 rings (SSSR count). The highest BCUT2D eigenvalue weighted by Gasteiger charge is 2.15. The van der Waals surface area contributed by atoms with E-state index in [1.165, 1.54) is 0 Å². The van der Waals surface area contributed by atoms with Crippen LogP contribution in [0.1, 0.15) is 25.5 Å². The number of amides is 1. The third-order valence-electron chi connectivity index (χ3n) is 3.11. The Bertz CT molecular complexity index is 658. The summed E-state index contributed by atoms with van der Waals surface area (Å²) in [6, 6.07) is 14.0. The molecule has 2 atom stereocenters. The van der Waals surface area contributed by atoms with Gasteiger partial charge in [-0.3, -0.25) is 4.79 Å². The first kappa shape index (κ1) is 16.3. The van der Waals surface area contributed by atoms with Gasteiger partial charge in [0.2, 0.25) is 0 Å². The third kappa shape index (κ3) is 4.48. The van der Waals surface area contributed by atoms with Gasteiger partial charge in [-0.1, -0.05) is 29.8 Å². The Hall–Kier alpha value is -2.04. The van der Waals surface area contributed by atoms with Crippen molar-refractivity contribution in [1.29, 1.82) is 0 Å². The summed E-state index contributed by atoms with van der Waals surface area (Å²) in [5, 5.41) is 12.9. The van der Waals surface area contributed by atoms with Crippen LogP contribution >= 0.6 is 11.6 Å². The lowest BCUT2D eigenvalue weighted by Gasteiger charge is -2.15. The maximum Gasteiger partial charge on any atom is 0.265 e. The van der Waals surface area contributed by atoms with Crippen LogP contribution in [-0.2, 0) is 4.79 Å². The Morgan fingerprint density at radius 2 is 1.91 bits per heavy atom. The van der Waals surface area contributed by atoms with E-state index >= 15 is 0 Å². The van der Waals surface area contributed by atoms with Crippen LogP contribution in [-0.4, -0.2) is 17.1 Å². The van der Waals surface area contributed by atoms with Gasteiger partial charge in [0.15, 0.2) is 6.10 Å². The van der Waals surface area contributed by atoms with Gasteiger partial charge in [0, 0.05) is 10.7 Å². The topological polar surface area (TPSA) is 58.6 Å². The van der Waals surface area contributed by atoms with Crippen molar-refractivity contribution in [2.45, 2.75) is 26.1 Å². The number of anilines is 1. The van der Waals surface area contributed by atoms with Gasteiger partial charge in [0.1, 0.15) is 5.75 Å². The van der Waals surface area contributed by atoms with Crippen LogP contribution in [0.25, 0.3) is 0 Å². The first-order valence-corrected chi connectivity index (χ1v) is 7.34. The second-order valence-electron chi connectivity index (χ2n) is 5.01. The Balaban J connectivity index is 2.01. The molecule has 2 unspecified atom stereocenters. The molecule has 22 heavy (non-hydrogen) atoms. The van der Waals surface area contributed by atoms with Gasteiger partial charge in [-0.15, -0.1) is 0 Å². The molecule has 0 aliphatic carbocycles. The van der Waals surface area contributed by atoms with Crippen molar-refractivity contribution >= 4 is 23.2 Å². The molecule has 0 aromatic heterocycles. The summed E-state index contributed by atoms with van der Waals surface area (Å²) in [6.07, 6.45) is -1.26. The highest BCUT2D eigenvalue weighted by atomic mass is 35.5. The van der Waals surface area contributed by atoms with Crippen molar-refractivity contribution in [3.63, 3.8) is 0 Å². The van der Waals surface area contributed by atoms with Gasteiger partial charge < -0.3 is 15.2 Å². The van der Waals surface area contributed by atoms with Crippen LogP contribution < -0.4 is 10.1 Å². The standard InChI is InChI=1S/C17H18ClNO3/c1-11(20)13-5-3-7-15(9-13)19-17(21)12(2)22-16-8-4-6-14(18)10-16/h3-12,20H,1-2H3,(H,19,21). The smallest absolute Gasteiger partial charge is 0.265 e. The van der Waals surface area contributed by atoms with E-state index < -0.39 is 12.2 Å². The molecular formula is C17H18ClNO3. The van der Waals surface area contributed by atoms with Crippen molar-refractivity contribution in [3.05, 3.63) is 59.1 Å². The molecule has 0 aliphatic rings. The maximum atomic E-state index is 12.2. The minimum Gasteiger partial charge on any atom is -0.481 e. The van der Waals surface area contributed by atoms with Crippen molar-refractivity contribution in [3.8, 4) is 5.75 Å². The number of carbonyl (C=O) groups is 1. The molecule has 0 saturated heterocycles. The number of aliphatic hydroxyl groups excluding tert-OH is 1. The van der Waals surface area contributed by atoms with Gasteiger partial charge in [0.25, 0.3) is 5.91 Å². The summed E-state index contributed by atoms with van der Waals surface area (Å²) in [5.41, 5.74) is 1.35. The lowest BCUT2D eigenvalue weighted by atomic mass is 10.1. The number of aliphatic hydroxyl groups is 1.